The zero-order valence-corrected chi connectivity index (χ0v) is 12.6. The summed E-state index contributed by atoms with van der Waals surface area (Å²) in [5.41, 5.74) is 0.992. The Morgan fingerprint density at radius 2 is 2.24 bits per heavy atom. The van der Waals surface area contributed by atoms with Gasteiger partial charge in [-0.1, -0.05) is 12.1 Å². The van der Waals surface area contributed by atoms with E-state index in [-0.39, 0.29) is 17.7 Å². The summed E-state index contributed by atoms with van der Waals surface area (Å²) in [4.78, 5) is 25.5. The van der Waals surface area contributed by atoms with E-state index in [0.717, 1.165) is 11.3 Å². The Labute approximate surface area is 125 Å². The van der Waals surface area contributed by atoms with Crippen molar-refractivity contribution in [3.05, 3.63) is 29.8 Å². The molecular weight excluding hydrogens is 268 g/mol. The van der Waals surface area contributed by atoms with E-state index in [1.165, 1.54) is 0 Å². The van der Waals surface area contributed by atoms with Gasteiger partial charge in [0.15, 0.2) is 0 Å². The fourth-order valence-corrected chi connectivity index (χ4v) is 2.50. The Morgan fingerprint density at radius 3 is 2.90 bits per heavy atom. The van der Waals surface area contributed by atoms with Crippen molar-refractivity contribution in [2.24, 2.45) is 5.92 Å². The molecule has 0 radical (unpaired) electrons. The Bertz CT molecular complexity index is 516. The Kier molecular flexibility index (Phi) is 5.20. The van der Waals surface area contributed by atoms with Crippen molar-refractivity contribution in [2.75, 3.05) is 19.7 Å². The van der Waals surface area contributed by atoms with Crippen LogP contribution in [-0.4, -0.2) is 36.4 Å². The molecule has 1 saturated heterocycles. The molecule has 1 atom stereocenters. The minimum atomic E-state index is -0.229. The van der Waals surface area contributed by atoms with Crippen molar-refractivity contribution in [3.63, 3.8) is 0 Å². The third-order valence-electron chi connectivity index (χ3n) is 3.64. The number of hydrogen-bond donors (Lipinski definition) is 1. The van der Waals surface area contributed by atoms with Crippen LogP contribution in [-0.2, 0) is 16.1 Å². The van der Waals surface area contributed by atoms with Crippen LogP contribution in [0.25, 0.3) is 0 Å². The molecule has 0 unspecified atom stereocenters. The number of hydrogen-bond acceptors (Lipinski definition) is 3. The molecule has 0 spiro atoms. The summed E-state index contributed by atoms with van der Waals surface area (Å²) < 4.78 is 5.43. The van der Waals surface area contributed by atoms with Crippen LogP contribution in [0.4, 0.5) is 0 Å². The van der Waals surface area contributed by atoms with E-state index in [9.17, 15) is 9.59 Å². The van der Waals surface area contributed by atoms with Gasteiger partial charge in [-0.3, -0.25) is 9.59 Å². The highest BCUT2D eigenvalue weighted by Gasteiger charge is 2.33. The van der Waals surface area contributed by atoms with Crippen molar-refractivity contribution in [1.82, 2.24) is 10.2 Å². The first-order valence-electron chi connectivity index (χ1n) is 7.41. The highest BCUT2D eigenvalue weighted by molar-refractivity contribution is 5.89. The van der Waals surface area contributed by atoms with E-state index in [4.69, 9.17) is 4.74 Å². The second kappa shape index (κ2) is 7.11. The summed E-state index contributed by atoms with van der Waals surface area (Å²) in [5.74, 6) is 0.585. The zero-order chi connectivity index (χ0) is 15.2. The van der Waals surface area contributed by atoms with Crippen LogP contribution in [0.15, 0.2) is 24.3 Å². The maximum atomic E-state index is 12.1. The standard InChI is InChI=1S/C16H22N2O3/c1-3-18-11-13(9-15(18)19)16(20)17-10-12-6-5-7-14(8-12)21-4-2/h5-8,13H,3-4,9-11H2,1-2H3,(H,17,20)/t13-/m0/s1. The molecule has 1 heterocycles. The fourth-order valence-electron chi connectivity index (χ4n) is 2.50. The molecule has 1 fully saturated rings. The summed E-state index contributed by atoms with van der Waals surface area (Å²) >= 11 is 0. The zero-order valence-electron chi connectivity index (χ0n) is 12.6. The van der Waals surface area contributed by atoms with E-state index in [1.54, 1.807) is 4.90 Å². The summed E-state index contributed by atoms with van der Waals surface area (Å²) in [6.07, 6.45) is 0.318. The van der Waals surface area contributed by atoms with Crippen LogP contribution >= 0.6 is 0 Å². The number of nitrogens with zero attached hydrogens (tertiary/aromatic N) is 1. The normalized spacial score (nSPS) is 17.9. The van der Waals surface area contributed by atoms with Gasteiger partial charge in [0, 0.05) is 26.1 Å². The highest BCUT2D eigenvalue weighted by atomic mass is 16.5. The lowest BCUT2D eigenvalue weighted by Crippen LogP contribution is -2.32. The molecule has 1 aliphatic heterocycles. The lowest BCUT2D eigenvalue weighted by molar-refractivity contribution is -0.128. The van der Waals surface area contributed by atoms with Crippen LogP contribution in [0, 0.1) is 5.92 Å². The van der Waals surface area contributed by atoms with Gasteiger partial charge in [0.2, 0.25) is 11.8 Å². The average Bonchev–Trinajstić information content (AvgIpc) is 2.87. The van der Waals surface area contributed by atoms with E-state index in [0.29, 0.717) is 32.7 Å². The van der Waals surface area contributed by atoms with Crippen molar-refractivity contribution in [3.8, 4) is 5.75 Å². The van der Waals surface area contributed by atoms with Gasteiger partial charge in [-0.05, 0) is 31.5 Å². The number of likely N-dealkylation sites (tertiary alicyclic amines) is 1. The van der Waals surface area contributed by atoms with Gasteiger partial charge in [-0.25, -0.2) is 0 Å². The summed E-state index contributed by atoms with van der Waals surface area (Å²) in [6.45, 7) is 6.13. The van der Waals surface area contributed by atoms with Crippen LogP contribution in [0.3, 0.4) is 0 Å². The molecule has 2 rings (SSSR count). The van der Waals surface area contributed by atoms with Crippen molar-refractivity contribution < 1.29 is 14.3 Å². The van der Waals surface area contributed by atoms with Crippen LogP contribution in [0.5, 0.6) is 5.75 Å². The number of rotatable bonds is 6. The van der Waals surface area contributed by atoms with E-state index in [1.807, 2.05) is 38.1 Å². The van der Waals surface area contributed by atoms with Gasteiger partial charge in [0.05, 0.1) is 12.5 Å². The molecule has 1 aromatic rings. The number of carbonyl (C=O) groups is 2. The van der Waals surface area contributed by atoms with Crippen molar-refractivity contribution in [2.45, 2.75) is 26.8 Å². The SMILES string of the molecule is CCOc1cccc(CNC(=O)[C@H]2CC(=O)N(CC)C2)c1. The maximum absolute atomic E-state index is 12.1. The quantitative estimate of drug-likeness (QED) is 0.865. The number of nitrogens with one attached hydrogen (secondary N) is 1. The predicted molar refractivity (Wildman–Crippen MR) is 79.8 cm³/mol. The molecule has 0 bridgehead atoms. The maximum Gasteiger partial charge on any atom is 0.225 e. The topological polar surface area (TPSA) is 58.6 Å². The predicted octanol–water partition coefficient (Wildman–Crippen LogP) is 1.57. The minimum Gasteiger partial charge on any atom is -0.494 e. The molecule has 1 aromatic carbocycles. The smallest absolute Gasteiger partial charge is 0.225 e. The highest BCUT2D eigenvalue weighted by Crippen LogP contribution is 2.18. The van der Waals surface area contributed by atoms with E-state index in [2.05, 4.69) is 5.32 Å². The van der Waals surface area contributed by atoms with Crippen molar-refractivity contribution in [1.29, 1.82) is 0 Å². The third kappa shape index (κ3) is 3.97. The molecule has 0 saturated carbocycles. The largest absolute Gasteiger partial charge is 0.494 e. The Balaban J connectivity index is 1.87. The molecule has 114 valence electrons. The number of carbonyl (C=O) groups excluding carboxylic acids is 2. The van der Waals surface area contributed by atoms with E-state index < -0.39 is 0 Å². The molecule has 2 amide bonds. The molecule has 5 heteroatoms. The van der Waals surface area contributed by atoms with Gasteiger partial charge < -0.3 is 15.0 Å². The molecule has 21 heavy (non-hydrogen) atoms. The van der Waals surface area contributed by atoms with Gasteiger partial charge in [0.1, 0.15) is 5.75 Å². The molecule has 0 aromatic heterocycles. The third-order valence-corrected chi connectivity index (χ3v) is 3.64. The average molecular weight is 290 g/mol. The minimum absolute atomic E-state index is 0.0545. The van der Waals surface area contributed by atoms with Gasteiger partial charge in [-0.2, -0.15) is 0 Å². The van der Waals surface area contributed by atoms with Crippen LogP contribution in [0.2, 0.25) is 0 Å². The lowest BCUT2D eigenvalue weighted by Gasteiger charge is -2.14. The van der Waals surface area contributed by atoms with Crippen LogP contribution < -0.4 is 10.1 Å². The molecule has 1 N–H and O–H groups in total. The van der Waals surface area contributed by atoms with E-state index >= 15 is 0 Å². The Hall–Kier alpha value is -2.04. The lowest BCUT2D eigenvalue weighted by atomic mass is 10.1. The second-order valence-corrected chi connectivity index (χ2v) is 5.13. The first kappa shape index (κ1) is 15.4. The first-order chi connectivity index (χ1) is 10.1. The second-order valence-electron chi connectivity index (χ2n) is 5.13. The van der Waals surface area contributed by atoms with Gasteiger partial charge in [-0.15, -0.1) is 0 Å². The first-order valence-corrected chi connectivity index (χ1v) is 7.41. The Morgan fingerprint density at radius 1 is 1.43 bits per heavy atom. The van der Waals surface area contributed by atoms with Crippen LogP contribution in [0.1, 0.15) is 25.8 Å². The number of amides is 2. The fraction of sp³-hybridized carbons (Fsp3) is 0.500. The molecular formula is C16H22N2O3. The number of benzene rings is 1. The van der Waals surface area contributed by atoms with Crippen molar-refractivity contribution >= 4 is 11.8 Å². The van der Waals surface area contributed by atoms with Gasteiger partial charge >= 0.3 is 0 Å². The summed E-state index contributed by atoms with van der Waals surface area (Å²) in [5, 5.41) is 2.90. The summed E-state index contributed by atoms with van der Waals surface area (Å²) in [6, 6.07) is 7.66. The monoisotopic (exact) mass is 290 g/mol. The molecule has 0 aliphatic carbocycles. The number of ether oxygens (including phenoxy) is 1. The van der Waals surface area contributed by atoms with Gasteiger partial charge in [0.25, 0.3) is 0 Å². The summed E-state index contributed by atoms with van der Waals surface area (Å²) in [7, 11) is 0. The molecule has 5 nitrogen and oxygen atoms in total. The molecule has 1 aliphatic rings.